The third-order valence-electron chi connectivity index (χ3n) is 5.38. The number of nitriles is 1. The maximum Gasteiger partial charge on any atom is 0.231 e. The lowest BCUT2D eigenvalue weighted by Crippen LogP contribution is -2.71. The summed E-state index contributed by atoms with van der Waals surface area (Å²) < 4.78 is 2.17. The predicted octanol–water partition coefficient (Wildman–Crippen LogP) is 1.47. The van der Waals surface area contributed by atoms with Gasteiger partial charge in [0.25, 0.3) is 0 Å². The molecule has 0 amide bonds. The van der Waals surface area contributed by atoms with Gasteiger partial charge in [-0.25, -0.2) is 0 Å². The molecule has 2 saturated heterocycles. The zero-order valence-electron chi connectivity index (χ0n) is 14.0. The number of benzene rings is 1. The van der Waals surface area contributed by atoms with Crippen LogP contribution in [0.15, 0.2) is 18.2 Å². The molecule has 3 aliphatic heterocycles. The number of likely N-dealkylation sites (tertiary alicyclic amines) is 1. The van der Waals surface area contributed by atoms with Crippen LogP contribution in [-0.4, -0.2) is 57.8 Å². The van der Waals surface area contributed by atoms with Gasteiger partial charge in [-0.3, -0.25) is 9.47 Å². The summed E-state index contributed by atoms with van der Waals surface area (Å²) in [6, 6.07) is 6.01. The van der Waals surface area contributed by atoms with Crippen molar-refractivity contribution in [3.05, 3.63) is 34.6 Å². The minimum Gasteiger partial charge on any atom is -0.339 e. The zero-order valence-corrected chi connectivity index (χ0v) is 14.7. The molecule has 128 valence electrons. The Morgan fingerprint density at radius 1 is 1.16 bits per heavy atom. The average molecular weight is 356 g/mol. The lowest BCUT2D eigenvalue weighted by Gasteiger charge is -2.58. The maximum atomic E-state index is 8.95. The molecule has 3 aliphatic rings. The molecule has 0 aliphatic carbocycles. The van der Waals surface area contributed by atoms with E-state index in [9.17, 15) is 0 Å². The summed E-state index contributed by atoms with van der Waals surface area (Å²) in [5.41, 5.74) is 2.55. The van der Waals surface area contributed by atoms with Crippen LogP contribution >= 0.6 is 11.6 Å². The number of aromatic nitrogens is 3. The molecular formula is C17H18ClN7. The van der Waals surface area contributed by atoms with E-state index in [-0.39, 0.29) is 5.41 Å². The van der Waals surface area contributed by atoms with Gasteiger partial charge in [-0.05, 0) is 30.8 Å². The Bertz CT molecular complexity index is 885. The lowest BCUT2D eigenvalue weighted by molar-refractivity contribution is 0.0184. The average Bonchev–Trinajstić information content (AvgIpc) is 2.82. The van der Waals surface area contributed by atoms with E-state index in [1.807, 2.05) is 17.0 Å². The second-order valence-corrected chi connectivity index (χ2v) is 7.95. The minimum atomic E-state index is 0.256. The van der Waals surface area contributed by atoms with Gasteiger partial charge in [0, 0.05) is 43.2 Å². The van der Waals surface area contributed by atoms with Crippen molar-refractivity contribution in [3.8, 4) is 11.9 Å². The lowest BCUT2D eigenvalue weighted by atomic mass is 9.73. The van der Waals surface area contributed by atoms with Crippen LogP contribution in [0, 0.1) is 16.9 Å². The van der Waals surface area contributed by atoms with E-state index >= 15 is 0 Å². The third-order valence-corrected chi connectivity index (χ3v) is 5.61. The third kappa shape index (κ3) is 2.21. The molecular weight excluding hydrogens is 338 g/mol. The Morgan fingerprint density at radius 3 is 2.72 bits per heavy atom. The van der Waals surface area contributed by atoms with Crippen molar-refractivity contribution in [2.24, 2.45) is 5.41 Å². The van der Waals surface area contributed by atoms with E-state index in [1.54, 1.807) is 0 Å². The summed E-state index contributed by atoms with van der Waals surface area (Å²) in [4.78, 5) is 6.31. The van der Waals surface area contributed by atoms with Crippen LogP contribution in [0.1, 0.15) is 11.4 Å². The summed E-state index contributed by atoms with van der Waals surface area (Å²) >= 11 is 6.21. The van der Waals surface area contributed by atoms with Gasteiger partial charge in [0.05, 0.1) is 12.2 Å². The zero-order chi connectivity index (χ0) is 17.2. The molecule has 0 atom stereocenters. The van der Waals surface area contributed by atoms with Gasteiger partial charge in [0.1, 0.15) is 0 Å². The number of fused-ring (bicyclic) bond motifs is 3. The van der Waals surface area contributed by atoms with E-state index in [4.69, 9.17) is 16.9 Å². The van der Waals surface area contributed by atoms with Gasteiger partial charge in [-0.15, -0.1) is 10.2 Å². The number of hydrogen-bond acceptors (Lipinski definition) is 6. The molecule has 1 spiro atoms. The minimum absolute atomic E-state index is 0.256. The first kappa shape index (κ1) is 15.0. The van der Waals surface area contributed by atoms with E-state index in [2.05, 4.69) is 43.9 Å². The van der Waals surface area contributed by atoms with E-state index in [1.165, 1.54) is 5.56 Å². The molecule has 0 unspecified atom stereocenters. The molecule has 2 fully saturated rings. The van der Waals surface area contributed by atoms with Crippen LogP contribution < -0.4 is 4.90 Å². The van der Waals surface area contributed by atoms with Gasteiger partial charge in [0.2, 0.25) is 5.95 Å². The predicted molar refractivity (Wildman–Crippen MR) is 93.4 cm³/mol. The van der Waals surface area contributed by atoms with Crippen LogP contribution in [0.5, 0.6) is 0 Å². The number of anilines is 1. The second-order valence-electron chi connectivity index (χ2n) is 7.51. The second kappa shape index (κ2) is 5.10. The monoisotopic (exact) mass is 355 g/mol. The standard InChI is InChI=1S/C17H18ClN7/c1-22-5-12-4-13(18)2-3-14(12)25-15(6-22)20-21-16(25)24-9-17(10-24)7-23(8-17)11-19/h2-4H,5-10H2,1H3. The van der Waals surface area contributed by atoms with Crippen LogP contribution in [0.4, 0.5) is 5.95 Å². The first-order valence-corrected chi connectivity index (χ1v) is 8.76. The van der Waals surface area contributed by atoms with Crippen molar-refractivity contribution in [2.75, 3.05) is 38.1 Å². The molecule has 7 nitrogen and oxygen atoms in total. The van der Waals surface area contributed by atoms with E-state index < -0.39 is 0 Å². The van der Waals surface area contributed by atoms with Gasteiger partial charge >= 0.3 is 0 Å². The van der Waals surface area contributed by atoms with Crippen LogP contribution in [0.3, 0.4) is 0 Å². The number of hydrogen-bond donors (Lipinski definition) is 0. The molecule has 5 rings (SSSR count). The molecule has 0 saturated carbocycles. The van der Waals surface area contributed by atoms with Crippen molar-refractivity contribution in [1.29, 1.82) is 5.26 Å². The van der Waals surface area contributed by atoms with Crippen LogP contribution in [0.25, 0.3) is 5.69 Å². The van der Waals surface area contributed by atoms with Gasteiger partial charge in [0.15, 0.2) is 12.0 Å². The quantitative estimate of drug-likeness (QED) is 0.722. The maximum absolute atomic E-state index is 8.95. The molecule has 0 radical (unpaired) electrons. The highest BCUT2D eigenvalue weighted by Crippen LogP contribution is 2.42. The van der Waals surface area contributed by atoms with Gasteiger partial charge in [-0.1, -0.05) is 11.6 Å². The smallest absolute Gasteiger partial charge is 0.231 e. The first-order valence-electron chi connectivity index (χ1n) is 8.38. The molecule has 25 heavy (non-hydrogen) atoms. The van der Waals surface area contributed by atoms with Crippen molar-refractivity contribution in [1.82, 2.24) is 24.6 Å². The van der Waals surface area contributed by atoms with Gasteiger partial charge < -0.3 is 9.80 Å². The van der Waals surface area contributed by atoms with E-state index in [0.29, 0.717) is 0 Å². The summed E-state index contributed by atoms with van der Waals surface area (Å²) in [6.07, 6.45) is 2.22. The fraction of sp³-hybridized carbons (Fsp3) is 0.471. The molecule has 8 heteroatoms. The SMILES string of the molecule is CN1Cc2cc(Cl)ccc2-n2c(nnc2N2CC3(CN(C#N)C3)C2)C1. The van der Waals surface area contributed by atoms with Crippen molar-refractivity contribution in [2.45, 2.75) is 13.1 Å². The van der Waals surface area contributed by atoms with E-state index in [0.717, 1.165) is 61.8 Å². The normalized spacial score (nSPS) is 21.0. The van der Waals surface area contributed by atoms with Crippen molar-refractivity contribution >= 4 is 17.5 Å². The Kier molecular flexibility index (Phi) is 3.06. The van der Waals surface area contributed by atoms with Crippen LogP contribution in [-0.2, 0) is 13.1 Å². The fourth-order valence-electron chi connectivity index (χ4n) is 4.29. The Morgan fingerprint density at radius 2 is 1.96 bits per heavy atom. The largest absolute Gasteiger partial charge is 0.339 e. The molecule has 1 aromatic carbocycles. The van der Waals surface area contributed by atoms with Gasteiger partial charge in [-0.2, -0.15) is 5.26 Å². The number of halogens is 1. The van der Waals surface area contributed by atoms with Crippen molar-refractivity contribution < 1.29 is 0 Å². The molecule has 2 aromatic rings. The summed E-state index contributed by atoms with van der Waals surface area (Å²) in [5.74, 6) is 1.85. The van der Waals surface area contributed by atoms with Crippen molar-refractivity contribution in [3.63, 3.8) is 0 Å². The van der Waals surface area contributed by atoms with Crippen LogP contribution in [0.2, 0.25) is 5.02 Å². The number of rotatable bonds is 1. The molecule has 0 N–H and O–H groups in total. The highest BCUT2D eigenvalue weighted by molar-refractivity contribution is 6.30. The Balaban J connectivity index is 1.50. The summed E-state index contributed by atoms with van der Waals surface area (Å²) in [5, 5.41) is 18.6. The molecule has 0 bridgehead atoms. The molecule has 4 heterocycles. The summed E-state index contributed by atoms with van der Waals surface area (Å²) in [7, 11) is 2.08. The highest BCUT2D eigenvalue weighted by Gasteiger charge is 2.53. The first-order chi connectivity index (χ1) is 12.1. The highest BCUT2D eigenvalue weighted by atomic mass is 35.5. The fourth-order valence-corrected chi connectivity index (χ4v) is 4.48. The number of nitrogens with zero attached hydrogens (tertiary/aromatic N) is 7. The topological polar surface area (TPSA) is 64.2 Å². The Hall–Kier alpha value is -2.30. The Labute approximate surface area is 151 Å². The summed E-state index contributed by atoms with van der Waals surface area (Å²) in [6.45, 7) is 5.16. The molecule has 1 aromatic heterocycles.